The van der Waals surface area contributed by atoms with E-state index in [1.165, 1.54) is 40.4 Å². The van der Waals surface area contributed by atoms with Crippen molar-refractivity contribution in [3.8, 4) is 11.4 Å². The molecule has 7 nitrogen and oxygen atoms in total. The van der Waals surface area contributed by atoms with Crippen LogP contribution in [0, 0.1) is 0 Å². The standard InChI is InChI=1S/C18H21N5O2S3/c1-3-9-19-14(24)10-26-17-21-22-18(28-17)27-11-15-20-16(23-25-15)13-7-5-12(4-2)6-8-13/h5-8H,3-4,9-11H2,1-2H3,(H,19,24). The third-order valence-electron chi connectivity index (χ3n) is 3.69. The second kappa shape index (κ2) is 10.6. The number of thioether (sulfide) groups is 2. The van der Waals surface area contributed by atoms with Crippen molar-refractivity contribution in [3.63, 3.8) is 0 Å². The van der Waals surface area contributed by atoms with Gasteiger partial charge in [-0.2, -0.15) is 4.98 Å². The highest BCUT2D eigenvalue weighted by atomic mass is 32.2. The van der Waals surface area contributed by atoms with Crippen molar-refractivity contribution in [2.24, 2.45) is 0 Å². The Morgan fingerprint density at radius 2 is 1.89 bits per heavy atom. The molecule has 148 valence electrons. The summed E-state index contributed by atoms with van der Waals surface area (Å²) in [6.45, 7) is 4.85. The molecule has 0 aliphatic carbocycles. The van der Waals surface area contributed by atoms with Gasteiger partial charge in [0.05, 0.1) is 11.5 Å². The number of hydrogen-bond acceptors (Lipinski definition) is 9. The minimum Gasteiger partial charge on any atom is -0.355 e. The molecule has 10 heteroatoms. The zero-order valence-electron chi connectivity index (χ0n) is 15.7. The van der Waals surface area contributed by atoms with Gasteiger partial charge < -0.3 is 9.84 Å². The van der Waals surface area contributed by atoms with Crippen molar-refractivity contribution in [2.75, 3.05) is 12.3 Å². The molecule has 2 heterocycles. The van der Waals surface area contributed by atoms with Crippen LogP contribution >= 0.6 is 34.9 Å². The van der Waals surface area contributed by atoms with Crippen molar-refractivity contribution < 1.29 is 9.32 Å². The SMILES string of the molecule is CCCNC(=O)CSc1nnc(SCc2nc(-c3ccc(CC)cc3)no2)s1. The second-order valence-corrected chi connectivity index (χ2v) is 9.25. The number of amides is 1. The van der Waals surface area contributed by atoms with Crippen LogP contribution in [-0.4, -0.2) is 38.5 Å². The molecule has 28 heavy (non-hydrogen) atoms. The first-order chi connectivity index (χ1) is 13.7. The minimum atomic E-state index is 0.0154. The summed E-state index contributed by atoms with van der Waals surface area (Å²) in [7, 11) is 0. The lowest BCUT2D eigenvalue weighted by Gasteiger charge is -2.00. The fourth-order valence-corrected chi connectivity index (χ4v) is 4.89. The van der Waals surface area contributed by atoms with Gasteiger partial charge in [0, 0.05) is 12.1 Å². The predicted molar refractivity (Wildman–Crippen MR) is 113 cm³/mol. The van der Waals surface area contributed by atoms with Crippen molar-refractivity contribution >= 4 is 40.8 Å². The number of carbonyl (C=O) groups is 1. The lowest BCUT2D eigenvalue weighted by molar-refractivity contribution is -0.118. The van der Waals surface area contributed by atoms with Gasteiger partial charge in [0.1, 0.15) is 0 Å². The molecule has 0 aliphatic heterocycles. The number of aromatic nitrogens is 4. The van der Waals surface area contributed by atoms with E-state index in [-0.39, 0.29) is 5.91 Å². The molecule has 0 saturated carbocycles. The molecule has 0 unspecified atom stereocenters. The average molecular weight is 436 g/mol. The lowest BCUT2D eigenvalue weighted by atomic mass is 10.1. The number of rotatable bonds is 10. The fourth-order valence-electron chi connectivity index (χ4n) is 2.20. The highest BCUT2D eigenvalue weighted by Crippen LogP contribution is 2.30. The van der Waals surface area contributed by atoms with Crippen LogP contribution in [0.3, 0.4) is 0 Å². The van der Waals surface area contributed by atoms with E-state index in [0.29, 0.717) is 29.8 Å². The Morgan fingerprint density at radius 1 is 1.14 bits per heavy atom. The first kappa shape index (κ1) is 20.8. The Hall–Kier alpha value is -1.91. The van der Waals surface area contributed by atoms with E-state index in [2.05, 4.69) is 44.7 Å². The maximum Gasteiger partial charge on any atom is 0.237 e. The van der Waals surface area contributed by atoms with Crippen LogP contribution < -0.4 is 5.32 Å². The van der Waals surface area contributed by atoms with E-state index in [4.69, 9.17) is 4.52 Å². The van der Waals surface area contributed by atoms with Crippen LogP contribution in [0.25, 0.3) is 11.4 Å². The normalized spacial score (nSPS) is 10.9. The largest absolute Gasteiger partial charge is 0.355 e. The summed E-state index contributed by atoms with van der Waals surface area (Å²) < 4.78 is 6.92. The van der Waals surface area contributed by atoms with Gasteiger partial charge in [0.25, 0.3) is 0 Å². The summed E-state index contributed by atoms with van der Waals surface area (Å²) in [4.78, 5) is 16.1. The molecule has 0 fully saturated rings. The third kappa shape index (κ3) is 6.05. The quantitative estimate of drug-likeness (QED) is 0.477. The summed E-state index contributed by atoms with van der Waals surface area (Å²) in [5.74, 6) is 2.02. The summed E-state index contributed by atoms with van der Waals surface area (Å²) in [5.41, 5.74) is 2.21. The molecule has 3 rings (SSSR count). The Balaban J connectivity index is 1.49. The van der Waals surface area contributed by atoms with E-state index < -0.39 is 0 Å². The molecule has 1 N–H and O–H groups in total. The monoisotopic (exact) mass is 435 g/mol. The zero-order chi connectivity index (χ0) is 19.8. The van der Waals surface area contributed by atoms with Crippen LogP contribution in [0.4, 0.5) is 0 Å². The predicted octanol–water partition coefficient (Wildman–Crippen LogP) is 4.06. The Morgan fingerprint density at radius 3 is 2.61 bits per heavy atom. The molecule has 0 spiro atoms. The Bertz CT molecular complexity index is 895. The average Bonchev–Trinajstić information content (AvgIpc) is 3.38. The zero-order valence-corrected chi connectivity index (χ0v) is 18.1. The number of aryl methyl sites for hydroxylation is 1. The van der Waals surface area contributed by atoms with Gasteiger partial charge in [-0.25, -0.2) is 0 Å². The number of nitrogens with zero attached hydrogens (tertiary/aromatic N) is 4. The van der Waals surface area contributed by atoms with Crippen molar-refractivity contribution in [1.82, 2.24) is 25.7 Å². The van der Waals surface area contributed by atoms with Crippen LogP contribution in [0.2, 0.25) is 0 Å². The van der Waals surface area contributed by atoms with Gasteiger partial charge in [-0.15, -0.1) is 10.2 Å². The molecule has 0 aliphatic rings. The first-order valence-electron chi connectivity index (χ1n) is 8.95. The molecular formula is C18H21N5O2S3. The maximum atomic E-state index is 11.6. The number of hydrogen-bond donors (Lipinski definition) is 1. The Labute approximate surface area is 176 Å². The van der Waals surface area contributed by atoms with Gasteiger partial charge >= 0.3 is 0 Å². The maximum absolute atomic E-state index is 11.6. The molecule has 3 aromatic rings. The number of nitrogens with one attached hydrogen (secondary N) is 1. The molecule has 0 bridgehead atoms. The molecule has 1 amide bonds. The van der Waals surface area contributed by atoms with Crippen molar-refractivity contribution in [1.29, 1.82) is 0 Å². The van der Waals surface area contributed by atoms with E-state index >= 15 is 0 Å². The molecule has 1 aromatic carbocycles. The van der Waals surface area contributed by atoms with Crippen molar-refractivity contribution in [3.05, 3.63) is 35.7 Å². The minimum absolute atomic E-state index is 0.0154. The highest BCUT2D eigenvalue weighted by Gasteiger charge is 2.12. The topological polar surface area (TPSA) is 93.8 Å². The molecule has 0 saturated heterocycles. The van der Waals surface area contributed by atoms with E-state index in [1.54, 1.807) is 0 Å². The molecule has 0 radical (unpaired) electrons. The van der Waals surface area contributed by atoms with Gasteiger partial charge in [-0.3, -0.25) is 4.79 Å². The molecular weight excluding hydrogens is 414 g/mol. The van der Waals surface area contributed by atoms with E-state index in [9.17, 15) is 4.79 Å². The van der Waals surface area contributed by atoms with Gasteiger partial charge in [0.2, 0.25) is 17.6 Å². The summed E-state index contributed by atoms with van der Waals surface area (Å²) in [6, 6.07) is 8.16. The van der Waals surface area contributed by atoms with Gasteiger partial charge in [-0.05, 0) is 18.4 Å². The number of carbonyl (C=O) groups excluding carboxylic acids is 1. The van der Waals surface area contributed by atoms with Crippen LogP contribution in [0.1, 0.15) is 31.7 Å². The summed E-state index contributed by atoms with van der Waals surface area (Å²) >= 11 is 4.34. The van der Waals surface area contributed by atoms with Gasteiger partial charge in [0.15, 0.2) is 8.68 Å². The summed E-state index contributed by atoms with van der Waals surface area (Å²) in [5, 5.41) is 15.2. The number of benzene rings is 1. The first-order valence-corrected chi connectivity index (χ1v) is 11.7. The summed E-state index contributed by atoms with van der Waals surface area (Å²) in [6.07, 6.45) is 1.93. The van der Waals surface area contributed by atoms with E-state index in [1.807, 2.05) is 19.1 Å². The van der Waals surface area contributed by atoms with E-state index in [0.717, 1.165) is 27.1 Å². The molecule has 2 aromatic heterocycles. The van der Waals surface area contributed by atoms with Crippen LogP contribution in [0.15, 0.2) is 37.5 Å². The van der Waals surface area contributed by atoms with Crippen molar-refractivity contribution in [2.45, 2.75) is 41.1 Å². The third-order valence-corrected chi connectivity index (χ3v) is 6.87. The molecule has 0 atom stereocenters. The smallest absolute Gasteiger partial charge is 0.237 e. The van der Waals surface area contributed by atoms with Crippen LogP contribution in [-0.2, 0) is 17.0 Å². The highest BCUT2D eigenvalue weighted by molar-refractivity contribution is 8.03. The van der Waals surface area contributed by atoms with Crippen LogP contribution in [0.5, 0.6) is 0 Å². The fraction of sp³-hybridized carbons (Fsp3) is 0.389. The second-order valence-electron chi connectivity index (χ2n) is 5.82. The van der Waals surface area contributed by atoms with Gasteiger partial charge in [-0.1, -0.05) is 78.1 Å². The Kier molecular flexibility index (Phi) is 7.87. The lowest BCUT2D eigenvalue weighted by Crippen LogP contribution is -2.25.